The topological polar surface area (TPSA) is 47.6 Å². The van der Waals surface area contributed by atoms with Gasteiger partial charge in [0.05, 0.1) is 12.2 Å². The molecule has 2 aromatic rings. The number of ether oxygens (including phenoxy) is 2. The molecule has 4 nitrogen and oxygen atoms in total. The van der Waals surface area contributed by atoms with E-state index in [1.54, 1.807) is 13.0 Å². The maximum Gasteiger partial charge on any atom is 0.217 e. The summed E-state index contributed by atoms with van der Waals surface area (Å²) in [6.07, 6.45) is 5.56. The van der Waals surface area contributed by atoms with Gasteiger partial charge in [-0.05, 0) is 54.7 Å². The Balaban J connectivity index is 1.41. The van der Waals surface area contributed by atoms with Crippen LogP contribution in [0.4, 0.5) is 4.39 Å². The van der Waals surface area contributed by atoms with Gasteiger partial charge in [0.25, 0.3) is 0 Å². The summed E-state index contributed by atoms with van der Waals surface area (Å²) >= 11 is 0. The van der Waals surface area contributed by atoms with Crippen LogP contribution < -0.4 is 10.1 Å². The van der Waals surface area contributed by atoms with Crippen molar-refractivity contribution < 1.29 is 18.7 Å². The van der Waals surface area contributed by atoms with E-state index < -0.39 is 0 Å². The summed E-state index contributed by atoms with van der Waals surface area (Å²) in [7, 11) is 0. The SMILES string of the molecule is CC(=O)N[C@@H]1C[C@H](c2ccc(OCc3cccc(F)c3)cc2)O[C@@H]2CCCC[C@@H]12. The largest absolute Gasteiger partial charge is 0.489 e. The molecule has 4 rings (SSSR count). The Morgan fingerprint density at radius 1 is 1.17 bits per heavy atom. The average molecular weight is 397 g/mol. The first-order valence-corrected chi connectivity index (χ1v) is 10.5. The molecule has 1 amide bonds. The molecular weight excluding hydrogens is 369 g/mol. The highest BCUT2D eigenvalue weighted by atomic mass is 19.1. The zero-order valence-corrected chi connectivity index (χ0v) is 16.8. The Labute approximate surface area is 171 Å². The number of carbonyl (C=O) groups excluding carboxylic acids is 1. The van der Waals surface area contributed by atoms with E-state index in [9.17, 15) is 9.18 Å². The zero-order chi connectivity index (χ0) is 20.2. The molecule has 2 aliphatic rings. The normalized spacial score (nSPS) is 26.4. The minimum absolute atomic E-state index is 0.0246. The summed E-state index contributed by atoms with van der Waals surface area (Å²) in [4.78, 5) is 11.7. The molecule has 0 spiro atoms. The van der Waals surface area contributed by atoms with E-state index in [0.717, 1.165) is 36.1 Å². The van der Waals surface area contributed by atoms with Crippen molar-refractivity contribution in [3.05, 3.63) is 65.5 Å². The van der Waals surface area contributed by atoms with Gasteiger partial charge >= 0.3 is 0 Å². The van der Waals surface area contributed by atoms with E-state index in [0.29, 0.717) is 12.5 Å². The molecule has 2 aromatic carbocycles. The molecule has 1 saturated heterocycles. The van der Waals surface area contributed by atoms with Gasteiger partial charge < -0.3 is 14.8 Å². The summed E-state index contributed by atoms with van der Waals surface area (Å²) in [6.45, 7) is 1.92. The van der Waals surface area contributed by atoms with Gasteiger partial charge in [0.1, 0.15) is 18.2 Å². The van der Waals surface area contributed by atoms with Crippen molar-refractivity contribution >= 4 is 5.91 Å². The van der Waals surface area contributed by atoms with Crippen molar-refractivity contribution in [2.45, 2.75) is 63.9 Å². The summed E-state index contributed by atoms with van der Waals surface area (Å²) < 4.78 is 25.5. The fraction of sp³-hybridized carbons (Fsp3) is 0.458. The van der Waals surface area contributed by atoms with Gasteiger partial charge in [-0.1, -0.05) is 37.1 Å². The number of fused-ring (bicyclic) bond motifs is 1. The quantitative estimate of drug-likeness (QED) is 0.778. The number of halogens is 1. The summed E-state index contributed by atoms with van der Waals surface area (Å²) in [6, 6.07) is 14.5. The van der Waals surface area contributed by atoms with Crippen LogP contribution in [0.2, 0.25) is 0 Å². The molecule has 0 aromatic heterocycles. The maximum absolute atomic E-state index is 13.3. The van der Waals surface area contributed by atoms with E-state index in [2.05, 4.69) is 5.32 Å². The number of rotatable bonds is 5. The third-order valence-electron chi connectivity index (χ3n) is 6.01. The predicted octanol–water partition coefficient (Wildman–Crippen LogP) is 4.93. The van der Waals surface area contributed by atoms with Crippen molar-refractivity contribution in [3.63, 3.8) is 0 Å². The fourth-order valence-electron chi connectivity index (χ4n) is 4.64. The van der Waals surface area contributed by atoms with Gasteiger partial charge in [0.2, 0.25) is 5.91 Å². The Hall–Kier alpha value is -2.40. The molecule has 0 radical (unpaired) electrons. The number of nitrogens with one attached hydrogen (secondary N) is 1. The van der Waals surface area contributed by atoms with Crippen LogP contribution in [0.3, 0.4) is 0 Å². The lowest BCUT2D eigenvalue weighted by molar-refractivity contribution is -0.131. The second-order valence-corrected chi connectivity index (χ2v) is 8.14. The fourth-order valence-corrected chi connectivity index (χ4v) is 4.64. The second kappa shape index (κ2) is 8.95. The highest BCUT2D eigenvalue weighted by Gasteiger charge is 2.40. The zero-order valence-electron chi connectivity index (χ0n) is 16.8. The minimum Gasteiger partial charge on any atom is -0.489 e. The van der Waals surface area contributed by atoms with Crippen molar-refractivity contribution in [2.24, 2.45) is 5.92 Å². The Bertz CT molecular complexity index is 838. The summed E-state index contributed by atoms with van der Waals surface area (Å²) in [5.74, 6) is 0.923. The van der Waals surface area contributed by atoms with Crippen LogP contribution in [0.15, 0.2) is 48.5 Å². The molecular formula is C24H28FNO3. The number of carbonyl (C=O) groups is 1. The third kappa shape index (κ3) is 4.96. The highest BCUT2D eigenvalue weighted by Crippen LogP contribution is 2.41. The van der Waals surface area contributed by atoms with Crippen molar-refractivity contribution in [1.82, 2.24) is 5.32 Å². The first kappa shape index (κ1) is 19.9. The smallest absolute Gasteiger partial charge is 0.217 e. The molecule has 1 aliphatic heterocycles. The number of hydrogen-bond donors (Lipinski definition) is 1. The Kier molecular flexibility index (Phi) is 6.14. The maximum atomic E-state index is 13.3. The first-order valence-electron chi connectivity index (χ1n) is 10.5. The first-order chi connectivity index (χ1) is 14.1. The summed E-state index contributed by atoms with van der Waals surface area (Å²) in [5, 5.41) is 3.16. The van der Waals surface area contributed by atoms with Gasteiger partial charge in [-0.15, -0.1) is 0 Å². The molecule has 0 bridgehead atoms. The highest BCUT2D eigenvalue weighted by molar-refractivity contribution is 5.73. The third-order valence-corrected chi connectivity index (χ3v) is 6.01. The molecule has 2 fully saturated rings. The van der Waals surface area contributed by atoms with E-state index in [1.807, 2.05) is 30.3 Å². The lowest BCUT2D eigenvalue weighted by Gasteiger charge is -2.45. The van der Waals surface area contributed by atoms with E-state index >= 15 is 0 Å². The van der Waals surface area contributed by atoms with E-state index in [4.69, 9.17) is 9.47 Å². The minimum atomic E-state index is -0.259. The lowest BCUT2D eigenvalue weighted by atomic mass is 9.76. The molecule has 4 atom stereocenters. The van der Waals surface area contributed by atoms with Crippen LogP contribution in [0, 0.1) is 11.7 Å². The number of amides is 1. The van der Waals surface area contributed by atoms with Crippen LogP contribution in [0.5, 0.6) is 5.75 Å². The molecule has 0 unspecified atom stereocenters. The predicted molar refractivity (Wildman–Crippen MR) is 109 cm³/mol. The van der Waals surface area contributed by atoms with Crippen LogP contribution in [0.25, 0.3) is 0 Å². The molecule has 5 heteroatoms. The van der Waals surface area contributed by atoms with Gasteiger partial charge in [0, 0.05) is 18.9 Å². The van der Waals surface area contributed by atoms with E-state index in [1.165, 1.54) is 25.0 Å². The van der Waals surface area contributed by atoms with Gasteiger partial charge in [-0.25, -0.2) is 4.39 Å². The molecule has 1 N–H and O–H groups in total. The molecule has 1 heterocycles. The van der Waals surface area contributed by atoms with Gasteiger partial charge in [0.15, 0.2) is 0 Å². The Morgan fingerprint density at radius 2 is 1.97 bits per heavy atom. The number of benzene rings is 2. The Morgan fingerprint density at radius 3 is 2.72 bits per heavy atom. The van der Waals surface area contributed by atoms with Crippen molar-refractivity contribution in [2.75, 3.05) is 0 Å². The van der Waals surface area contributed by atoms with Gasteiger partial charge in [-0.3, -0.25) is 4.79 Å². The standard InChI is InChI=1S/C24H28FNO3/c1-16(27)26-22-14-24(29-23-8-3-2-7-21(22)23)18-9-11-20(12-10-18)28-15-17-5-4-6-19(25)13-17/h4-6,9-13,21-24H,2-3,7-8,14-15H2,1H3,(H,26,27)/t21-,22+,23+,24+/m0/s1. The molecule has 154 valence electrons. The van der Waals surface area contributed by atoms with E-state index in [-0.39, 0.29) is 30.0 Å². The second-order valence-electron chi connectivity index (χ2n) is 8.14. The molecule has 29 heavy (non-hydrogen) atoms. The average Bonchev–Trinajstić information content (AvgIpc) is 2.72. The van der Waals surface area contributed by atoms with Crippen LogP contribution in [0.1, 0.15) is 56.3 Å². The van der Waals surface area contributed by atoms with Crippen molar-refractivity contribution in [3.8, 4) is 5.75 Å². The molecule has 1 aliphatic carbocycles. The lowest BCUT2D eigenvalue weighted by Crippen LogP contribution is -2.50. The van der Waals surface area contributed by atoms with Crippen LogP contribution in [-0.4, -0.2) is 18.1 Å². The summed E-state index contributed by atoms with van der Waals surface area (Å²) in [5.41, 5.74) is 1.90. The van der Waals surface area contributed by atoms with Crippen LogP contribution in [-0.2, 0) is 16.1 Å². The van der Waals surface area contributed by atoms with Gasteiger partial charge in [-0.2, -0.15) is 0 Å². The monoisotopic (exact) mass is 397 g/mol. The van der Waals surface area contributed by atoms with Crippen LogP contribution >= 0.6 is 0 Å². The molecule has 1 saturated carbocycles. The van der Waals surface area contributed by atoms with Crippen molar-refractivity contribution in [1.29, 1.82) is 0 Å². The number of hydrogen-bond acceptors (Lipinski definition) is 3.